The molecule has 1 aliphatic rings. The van der Waals surface area contributed by atoms with Gasteiger partial charge >= 0.3 is 18.3 Å². The van der Waals surface area contributed by atoms with E-state index in [9.17, 15) is 32.9 Å². The summed E-state index contributed by atoms with van der Waals surface area (Å²) in [5.74, 6) is -1.42. The summed E-state index contributed by atoms with van der Waals surface area (Å²) < 4.78 is 59.8. The first kappa shape index (κ1) is 24.8. The van der Waals surface area contributed by atoms with E-state index in [1.165, 1.54) is 6.92 Å². The molecule has 0 N–H and O–H groups in total. The number of esters is 1. The van der Waals surface area contributed by atoms with Gasteiger partial charge in [0.25, 0.3) is 5.09 Å². The van der Waals surface area contributed by atoms with Crippen molar-refractivity contribution in [2.24, 2.45) is 0 Å². The van der Waals surface area contributed by atoms with Crippen molar-refractivity contribution in [2.45, 2.75) is 52.4 Å². The lowest BCUT2D eigenvalue weighted by molar-refractivity contribution is -0.759. The van der Waals surface area contributed by atoms with Gasteiger partial charge in [-0.3, -0.25) is 0 Å². The van der Waals surface area contributed by atoms with Crippen LogP contribution in [0.25, 0.3) is 6.08 Å². The van der Waals surface area contributed by atoms with Crippen LogP contribution in [0.1, 0.15) is 30.5 Å². The first-order valence-corrected chi connectivity index (χ1v) is 9.19. The minimum atomic E-state index is -4.92. The quantitative estimate of drug-likeness (QED) is 0.258. The van der Waals surface area contributed by atoms with Crippen molar-refractivity contribution in [3.05, 3.63) is 44.5 Å². The standard InChI is InChI=1S/C19H20F3NO9/c1-9-5-10(2)15-13(6-9)7-14(16(32-15)19(20,21)22)17(24)30-12(4)31-18(25)29-11(3)8-28-23(26)27/h5-7,11-12,16H,8H2,1-4H3/t11?,12?,16-/m0/s1. The Kier molecular flexibility index (Phi) is 7.54. The van der Waals surface area contributed by atoms with E-state index in [0.29, 0.717) is 5.56 Å². The second-order valence-corrected chi connectivity index (χ2v) is 6.93. The fraction of sp³-hybridized carbons (Fsp3) is 0.474. The van der Waals surface area contributed by atoms with Crippen LogP contribution in [-0.4, -0.2) is 48.5 Å². The molecule has 32 heavy (non-hydrogen) atoms. The topological polar surface area (TPSA) is 123 Å². The van der Waals surface area contributed by atoms with Crippen molar-refractivity contribution < 1.29 is 51.6 Å². The second-order valence-electron chi connectivity index (χ2n) is 6.93. The Morgan fingerprint density at radius 3 is 2.44 bits per heavy atom. The molecule has 1 aliphatic heterocycles. The molecule has 0 aromatic heterocycles. The molecule has 10 nitrogen and oxygen atoms in total. The molecule has 0 saturated carbocycles. The fourth-order valence-corrected chi connectivity index (χ4v) is 2.86. The van der Waals surface area contributed by atoms with Crippen LogP contribution in [0.2, 0.25) is 0 Å². The molecule has 0 fully saturated rings. The summed E-state index contributed by atoms with van der Waals surface area (Å²) >= 11 is 0. The van der Waals surface area contributed by atoms with Gasteiger partial charge in [-0.2, -0.15) is 13.2 Å². The zero-order valence-corrected chi connectivity index (χ0v) is 17.4. The molecular formula is C19H20F3NO9. The number of carbonyl (C=O) groups excluding carboxylic acids is 2. The van der Waals surface area contributed by atoms with Crippen molar-refractivity contribution in [3.63, 3.8) is 0 Å². The van der Waals surface area contributed by atoms with E-state index in [1.54, 1.807) is 26.0 Å². The van der Waals surface area contributed by atoms with Crippen molar-refractivity contribution in [1.29, 1.82) is 0 Å². The Hall–Kier alpha value is -3.51. The summed E-state index contributed by atoms with van der Waals surface area (Å²) in [7, 11) is 0. The molecule has 176 valence electrons. The Labute approximate surface area is 179 Å². The Balaban J connectivity index is 2.11. The third kappa shape index (κ3) is 6.49. The third-order valence-electron chi connectivity index (χ3n) is 4.06. The number of carbonyl (C=O) groups is 2. The van der Waals surface area contributed by atoms with Crippen LogP contribution in [0.3, 0.4) is 0 Å². The number of ether oxygens (including phenoxy) is 4. The SMILES string of the molecule is Cc1cc(C)c2c(c1)C=C(C(=O)OC(C)OC(=O)OC(C)CO[N+](=O)[O-])[C@@H](C(F)(F)F)O2. The highest BCUT2D eigenvalue weighted by Crippen LogP contribution is 2.39. The zero-order chi connectivity index (χ0) is 24.2. The van der Waals surface area contributed by atoms with Gasteiger partial charge in [0.05, 0.1) is 5.57 Å². The molecule has 1 aromatic rings. The van der Waals surface area contributed by atoms with Gasteiger partial charge < -0.3 is 23.8 Å². The largest absolute Gasteiger partial charge is 0.511 e. The number of alkyl halides is 3. The van der Waals surface area contributed by atoms with Crippen molar-refractivity contribution in [1.82, 2.24) is 0 Å². The maximum Gasteiger partial charge on any atom is 0.511 e. The van der Waals surface area contributed by atoms with E-state index in [4.69, 9.17) is 9.47 Å². The fourth-order valence-electron chi connectivity index (χ4n) is 2.86. The van der Waals surface area contributed by atoms with E-state index in [-0.39, 0.29) is 11.3 Å². The predicted octanol–water partition coefficient (Wildman–Crippen LogP) is 3.65. The summed E-state index contributed by atoms with van der Waals surface area (Å²) in [6.45, 7) is 5.07. The van der Waals surface area contributed by atoms with Crippen molar-refractivity contribution in [3.8, 4) is 5.75 Å². The van der Waals surface area contributed by atoms with Gasteiger partial charge in [-0.05, 0) is 38.5 Å². The lowest BCUT2D eigenvalue weighted by atomic mass is 9.97. The predicted molar refractivity (Wildman–Crippen MR) is 99.9 cm³/mol. The molecule has 2 unspecified atom stereocenters. The normalized spacial score (nSPS) is 17.1. The van der Waals surface area contributed by atoms with E-state index in [2.05, 4.69) is 14.3 Å². The molecule has 1 heterocycles. The highest BCUT2D eigenvalue weighted by Gasteiger charge is 2.49. The van der Waals surface area contributed by atoms with E-state index < -0.39 is 54.1 Å². The number of halogens is 3. The number of fused-ring (bicyclic) bond motifs is 1. The Morgan fingerprint density at radius 1 is 1.19 bits per heavy atom. The van der Waals surface area contributed by atoms with Crippen LogP contribution in [0.4, 0.5) is 18.0 Å². The van der Waals surface area contributed by atoms with Crippen molar-refractivity contribution in [2.75, 3.05) is 6.61 Å². The first-order chi connectivity index (χ1) is 14.8. The minimum absolute atomic E-state index is 0.00622. The smallest absolute Gasteiger partial charge is 0.475 e. The highest BCUT2D eigenvalue weighted by atomic mass is 19.4. The van der Waals surface area contributed by atoms with Crippen LogP contribution in [0, 0.1) is 24.0 Å². The molecule has 0 spiro atoms. The Bertz CT molecular complexity index is 929. The van der Waals surface area contributed by atoms with Gasteiger partial charge in [0.2, 0.25) is 12.4 Å². The summed E-state index contributed by atoms with van der Waals surface area (Å²) in [6, 6.07) is 3.19. The molecule has 13 heteroatoms. The molecule has 0 aliphatic carbocycles. The van der Waals surface area contributed by atoms with Crippen LogP contribution < -0.4 is 4.74 Å². The monoisotopic (exact) mass is 463 g/mol. The minimum Gasteiger partial charge on any atom is -0.475 e. The average molecular weight is 463 g/mol. The van der Waals surface area contributed by atoms with E-state index in [1.807, 2.05) is 0 Å². The van der Waals surface area contributed by atoms with Crippen molar-refractivity contribution >= 4 is 18.2 Å². The third-order valence-corrected chi connectivity index (χ3v) is 4.06. The van der Waals surface area contributed by atoms with Gasteiger partial charge in [0.15, 0.2) is 0 Å². The van der Waals surface area contributed by atoms with Gasteiger partial charge in [0.1, 0.15) is 18.5 Å². The number of hydrogen-bond acceptors (Lipinski definition) is 9. The highest BCUT2D eigenvalue weighted by molar-refractivity contribution is 5.96. The maximum atomic E-state index is 13.5. The van der Waals surface area contributed by atoms with Gasteiger partial charge in [-0.25, -0.2) is 9.59 Å². The molecule has 0 saturated heterocycles. The number of aryl methyl sites for hydroxylation is 2. The summed E-state index contributed by atoms with van der Waals surface area (Å²) in [5.41, 5.74) is 0.649. The molecular weight excluding hydrogens is 443 g/mol. The molecule has 0 amide bonds. The maximum absolute atomic E-state index is 13.5. The zero-order valence-electron chi connectivity index (χ0n) is 17.4. The number of benzene rings is 1. The van der Waals surface area contributed by atoms with Crippen LogP contribution >= 0.6 is 0 Å². The first-order valence-electron chi connectivity index (χ1n) is 9.19. The lowest BCUT2D eigenvalue weighted by Crippen LogP contribution is -2.41. The Morgan fingerprint density at radius 2 is 1.84 bits per heavy atom. The van der Waals surface area contributed by atoms with Gasteiger partial charge in [-0.15, -0.1) is 10.1 Å². The van der Waals surface area contributed by atoms with Crippen LogP contribution in [-0.2, 0) is 23.8 Å². The molecule has 1 aromatic carbocycles. The lowest BCUT2D eigenvalue weighted by Gasteiger charge is -2.29. The van der Waals surface area contributed by atoms with Gasteiger partial charge in [-0.1, -0.05) is 11.6 Å². The molecule has 0 radical (unpaired) electrons. The molecule has 3 atom stereocenters. The number of rotatable bonds is 7. The summed E-state index contributed by atoms with van der Waals surface area (Å²) in [4.78, 5) is 38.2. The van der Waals surface area contributed by atoms with Crippen LogP contribution in [0.15, 0.2) is 17.7 Å². The number of nitrogens with zero attached hydrogens (tertiary/aromatic N) is 1. The summed E-state index contributed by atoms with van der Waals surface area (Å²) in [5, 5.41) is 9.02. The van der Waals surface area contributed by atoms with Gasteiger partial charge in [0, 0.05) is 12.5 Å². The molecule has 2 rings (SSSR count). The van der Waals surface area contributed by atoms with E-state index >= 15 is 0 Å². The second kappa shape index (κ2) is 9.75. The summed E-state index contributed by atoms with van der Waals surface area (Å²) in [6.07, 6.45) is -10.6. The van der Waals surface area contributed by atoms with Crippen LogP contribution in [0.5, 0.6) is 5.75 Å². The molecule has 0 bridgehead atoms. The average Bonchev–Trinajstić information content (AvgIpc) is 2.64. The van der Waals surface area contributed by atoms with E-state index in [0.717, 1.165) is 18.6 Å². The number of hydrogen-bond donors (Lipinski definition) is 0.